The van der Waals surface area contributed by atoms with E-state index >= 15 is 0 Å². The first kappa shape index (κ1) is 27.9. The highest BCUT2D eigenvalue weighted by molar-refractivity contribution is 6.25. The van der Waals surface area contributed by atoms with Gasteiger partial charge in [0.25, 0.3) is 0 Å². The maximum absolute atomic E-state index is 2.44. The SMILES string of the molecule is c1cc2ccc3cc(N(c4ccc(-n5c6ccccc6c6ccccc65)cc4)c4cc5ccc6cccc7ccc(c4)c5c67)cc4ccc(c1)c2c34. The normalized spacial score (nSPS) is 12.2. The smallest absolute Gasteiger partial charge is 0.0541 e. The molecule has 0 saturated heterocycles. The van der Waals surface area contributed by atoms with E-state index in [1.807, 2.05) is 0 Å². The Morgan fingerprint density at radius 3 is 1.08 bits per heavy atom. The molecule has 0 fully saturated rings. The van der Waals surface area contributed by atoms with Gasteiger partial charge in [-0.2, -0.15) is 0 Å². The zero-order chi connectivity index (χ0) is 33.9. The topological polar surface area (TPSA) is 8.17 Å². The first-order valence-electron chi connectivity index (χ1n) is 18.0. The van der Waals surface area contributed by atoms with Crippen LogP contribution in [-0.4, -0.2) is 4.57 Å². The van der Waals surface area contributed by atoms with Crippen LogP contribution in [0.3, 0.4) is 0 Å². The second kappa shape index (κ2) is 10.3. The third-order valence-electron chi connectivity index (χ3n) is 11.4. The van der Waals surface area contributed by atoms with Gasteiger partial charge in [-0.1, -0.05) is 121 Å². The van der Waals surface area contributed by atoms with Crippen molar-refractivity contribution in [2.45, 2.75) is 0 Å². The average molecular weight is 659 g/mol. The molecule has 0 spiro atoms. The number of nitrogens with zero attached hydrogens (tertiary/aromatic N) is 2. The number of fused-ring (bicyclic) bond motifs is 3. The van der Waals surface area contributed by atoms with E-state index in [0.29, 0.717) is 0 Å². The highest BCUT2D eigenvalue weighted by atomic mass is 15.1. The van der Waals surface area contributed by atoms with E-state index in [1.165, 1.54) is 86.4 Å². The fourth-order valence-electron chi connectivity index (χ4n) is 9.13. The Kier molecular flexibility index (Phi) is 5.53. The summed E-state index contributed by atoms with van der Waals surface area (Å²) < 4.78 is 2.39. The van der Waals surface area contributed by atoms with Crippen LogP contribution in [0.2, 0.25) is 0 Å². The Morgan fingerprint density at radius 1 is 0.288 bits per heavy atom. The lowest BCUT2D eigenvalue weighted by Gasteiger charge is -2.28. The van der Waals surface area contributed by atoms with Crippen LogP contribution in [0.25, 0.3) is 92.1 Å². The summed E-state index contributed by atoms with van der Waals surface area (Å²) in [6.45, 7) is 0. The second-order valence-electron chi connectivity index (χ2n) is 14.2. The quantitative estimate of drug-likeness (QED) is 0.171. The van der Waals surface area contributed by atoms with Crippen LogP contribution in [-0.2, 0) is 0 Å². The van der Waals surface area contributed by atoms with Crippen LogP contribution >= 0.6 is 0 Å². The second-order valence-corrected chi connectivity index (χ2v) is 14.2. The highest BCUT2D eigenvalue weighted by Gasteiger charge is 2.19. The summed E-state index contributed by atoms with van der Waals surface area (Å²) in [4.78, 5) is 2.44. The molecule has 52 heavy (non-hydrogen) atoms. The fraction of sp³-hybridized carbons (Fsp3) is 0. The van der Waals surface area contributed by atoms with Gasteiger partial charge in [-0.3, -0.25) is 0 Å². The molecule has 0 radical (unpaired) electrons. The molecular weight excluding hydrogens is 629 g/mol. The van der Waals surface area contributed by atoms with Crippen LogP contribution in [0, 0.1) is 0 Å². The monoisotopic (exact) mass is 658 g/mol. The number of hydrogen-bond donors (Lipinski definition) is 0. The lowest BCUT2D eigenvalue weighted by atomic mass is 9.92. The predicted octanol–water partition coefficient (Wildman–Crippen LogP) is 14.0. The lowest BCUT2D eigenvalue weighted by molar-refractivity contribution is 1.17. The van der Waals surface area contributed by atoms with E-state index in [1.54, 1.807) is 0 Å². The molecule has 11 aromatic carbocycles. The van der Waals surface area contributed by atoms with Crippen molar-refractivity contribution in [2.75, 3.05) is 4.90 Å². The molecule has 2 nitrogen and oxygen atoms in total. The Morgan fingerprint density at radius 2 is 0.654 bits per heavy atom. The van der Waals surface area contributed by atoms with Crippen LogP contribution in [0.1, 0.15) is 0 Å². The van der Waals surface area contributed by atoms with Gasteiger partial charge in [0.05, 0.1) is 11.0 Å². The van der Waals surface area contributed by atoms with E-state index in [0.717, 1.165) is 22.7 Å². The summed E-state index contributed by atoms with van der Waals surface area (Å²) in [5, 5.41) is 18.0. The molecule has 0 aliphatic carbocycles. The number of para-hydroxylation sites is 2. The van der Waals surface area contributed by atoms with Crippen molar-refractivity contribution in [3.63, 3.8) is 0 Å². The zero-order valence-electron chi connectivity index (χ0n) is 28.2. The molecule has 0 atom stereocenters. The van der Waals surface area contributed by atoms with E-state index in [9.17, 15) is 0 Å². The van der Waals surface area contributed by atoms with Gasteiger partial charge in [0.1, 0.15) is 0 Å². The number of benzene rings is 11. The van der Waals surface area contributed by atoms with E-state index in [4.69, 9.17) is 0 Å². The third kappa shape index (κ3) is 3.84. The molecule has 0 aliphatic rings. The van der Waals surface area contributed by atoms with Crippen molar-refractivity contribution in [3.05, 3.63) is 182 Å². The van der Waals surface area contributed by atoms with Gasteiger partial charge in [0.2, 0.25) is 0 Å². The molecule has 0 bridgehead atoms. The average Bonchev–Trinajstić information content (AvgIpc) is 3.54. The van der Waals surface area contributed by atoms with E-state index in [-0.39, 0.29) is 0 Å². The van der Waals surface area contributed by atoms with E-state index < -0.39 is 0 Å². The summed E-state index contributed by atoms with van der Waals surface area (Å²) in [5.41, 5.74) is 6.98. The zero-order valence-corrected chi connectivity index (χ0v) is 28.2. The van der Waals surface area contributed by atoms with Crippen LogP contribution in [0.15, 0.2) is 182 Å². The van der Waals surface area contributed by atoms with E-state index in [2.05, 4.69) is 191 Å². The molecule has 2 heteroatoms. The number of anilines is 3. The van der Waals surface area contributed by atoms with Gasteiger partial charge in [0, 0.05) is 33.5 Å². The Hall–Kier alpha value is -6.90. The maximum Gasteiger partial charge on any atom is 0.0541 e. The molecule has 12 rings (SSSR count). The number of hydrogen-bond acceptors (Lipinski definition) is 1. The molecule has 12 aromatic rings. The van der Waals surface area contributed by atoms with Crippen molar-refractivity contribution < 1.29 is 0 Å². The molecule has 1 heterocycles. The summed E-state index contributed by atoms with van der Waals surface area (Å²) in [5.74, 6) is 0. The Balaban J connectivity index is 1.10. The van der Waals surface area contributed by atoms with Crippen molar-refractivity contribution in [2.24, 2.45) is 0 Å². The molecule has 0 N–H and O–H groups in total. The highest BCUT2D eigenvalue weighted by Crippen LogP contribution is 2.45. The van der Waals surface area contributed by atoms with Crippen molar-refractivity contribution in [1.29, 1.82) is 0 Å². The first-order valence-corrected chi connectivity index (χ1v) is 18.0. The van der Waals surface area contributed by atoms with Gasteiger partial charge in [0.15, 0.2) is 0 Å². The van der Waals surface area contributed by atoms with Gasteiger partial charge >= 0.3 is 0 Å². The van der Waals surface area contributed by atoms with Crippen LogP contribution < -0.4 is 4.90 Å². The van der Waals surface area contributed by atoms with Crippen molar-refractivity contribution >= 4 is 104 Å². The predicted molar refractivity (Wildman–Crippen MR) is 223 cm³/mol. The molecule has 0 saturated carbocycles. The van der Waals surface area contributed by atoms with Crippen molar-refractivity contribution in [3.8, 4) is 5.69 Å². The van der Waals surface area contributed by atoms with Crippen molar-refractivity contribution in [1.82, 2.24) is 4.57 Å². The number of aromatic nitrogens is 1. The van der Waals surface area contributed by atoms with Gasteiger partial charge in [-0.05, 0) is 125 Å². The summed E-state index contributed by atoms with van der Waals surface area (Å²) in [6.07, 6.45) is 0. The van der Waals surface area contributed by atoms with Gasteiger partial charge < -0.3 is 9.47 Å². The minimum Gasteiger partial charge on any atom is -0.310 e. The minimum absolute atomic E-state index is 1.12. The molecule has 0 amide bonds. The standard InChI is InChI=1S/C50H30N2/c1-3-13-45-43(11-1)44-12-2-4-14-46(44)52(45)40-25-23-39(24-26-40)51(41-27-35-19-15-31-7-5-8-32-16-20-36(28-41)49(35)47(31)32)42-29-37-21-17-33-9-6-10-34-18-22-38(30-42)50(37)48(33)34/h1-30H. The molecule has 0 aliphatic heterocycles. The Labute approximate surface area is 299 Å². The van der Waals surface area contributed by atoms with Gasteiger partial charge in [-0.15, -0.1) is 0 Å². The largest absolute Gasteiger partial charge is 0.310 e. The molecule has 240 valence electrons. The molecule has 0 unspecified atom stereocenters. The first-order chi connectivity index (χ1) is 25.8. The summed E-state index contributed by atoms with van der Waals surface area (Å²) >= 11 is 0. The third-order valence-corrected chi connectivity index (χ3v) is 11.4. The lowest BCUT2D eigenvalue weighted by Crippen LogP contribution is -2.10. The van der Waals surface area contributed by atoms with Crippen LogP contribution in [0.5, 0.6) is 0 Å². The van der Waals surface area contributed by atoms with Crippen LogP contribution in [0.4, 0.5) is 17.1 Å². The fourth-order valence-corrected chi connectivity index (χ4v) is 9.13. The molecular formula is C50H30N2. The van der Waals surface area contributed by atoms with Gasteiger partial charge in [-0.25, -0.2) is 0 Å². The summed E-state index contributed by atoms with van der Waals surface area (Å²) in [6, 6.07) is 67.5. The Bertz CT molecular complexity index is 3020. The number of rotatable bonds is 4. The molecule has 1 aromatic heterocycles. The minimum atomic E-state index is 1.12. The maximum atomic E-state index is 2.44. The summed E-state index contributed by atoms with van der Waals surface area (Å²) in [7, 11) is 0.